The van der Waals surface area contributed by atoms with Crippen LogP contribution in [0.15, 0.2) is 47.6 Å². The van der Waals surface area contributed by atoms with Gasteiger partial charge in [0, 0.05) is 18.1 Å². The van der Waals surface area contributed by atoms with E-state index in [1.165, 1.54) is 11.8 Å². The summed E-state index contributed by atoms with van der Waals surface area (Å²) in [6, 6.07) is 13.8. The maximum atomic E-state index is 12.8. The van der Waals surface area contributed by atoms with E-state index in [0.717, 1.165) is 27.9 Å². The third kappa shape index (κ3) is 3.11. The van der Waals surface area contributed by atoms with Gasteiger partial charge in [-0.15, -0.1) is 10.2 Å². The number of thioether (sulfide) groups is 1. The fourth-order valence-electron chi connectivity index (χ4n) is 3.37. The Kier molecular flexibility index (Phi) is 4.77. The highest BCUT2D eigenvalue weighted by Crippen LogP contribution is 2.43. The summed E-state index contributed by atoms with van der Waals surface area (Å²) in [5.74, 6) is 0.255. The summed E-state index contributed by atoms with van der Waals surface area (Å²) in [4.78, 5) is 19.0. The number of fused-ring (bicyclic) bond motifs is 3. The van der Waals surface area contributed by atoms with Gasteiger partial charge in [0.05, 0.1) is 5.69 Å². The molecule has 0 saturated carbocycles. The molecule has 0 spiro atoms. The van der Waals surface area contributed by atoms with Gasteiger partial charge in [-0.05, 0) is 31.7 Å². The highest BCUT2D eigenvalue weighted by atomic mass is 32.2. The lowest BCUT2D eigenvalue weighted by molar-refractivity contribution is -0.118. The van der Waals surface area contributed by atoms with Crippen molar-refractivity contribution < 1.29 is 9.53 Å². The van der Waals surface area contributed by atoms with E-state index in [2.05, 4.69) is 15.2 Å². The number of nitrogens with zero attached hydrogens (tertiary/aromatic N) is 4. The van der Waals surface area contributed by atoms with E-state index >= 15 is 0 Å². The lowest BCUT2D eigenvalue weighted by Gasteiger charge is -2.31. The number of rotatable bonds is 2. The minimum Gasteiger partial charge on any atom is -0.447 e. The Morgan fingerprint density at radius 1 is 1.14 bits per heavy atom. The normalized spacial score (nSPS) is 15.3. The second-order valence-corrected chi connectivity index (χ2v) is 7.46. The molecule has 1 aromatic heterocycles. The Morgan fingerprint density at radius 2 is 1.93 bits per heavy atom. The summed E-state index contributed by atoms with van der Waals surface area (Å²) in [5, 5.41) is 9.05. The fraction of sp³-hybridized carbons (Fsp3) is 0.238. The Morgan fingerprint density at radius 3 is 2.68 bits per heavy atom. The van der Waals surface area contributed by atoms with Crippen LogP contribution in [0.1, 0.15) is 29.8 Å². The lowest BCUT2D eigenvalue weighted by Crippen LogP contribution is -2.36. The Bertz CT molecular complexity index is 1070. The lowest BCUT2D eigenvalue weighted by atomic mass is 10.0. The number of aryl methyl sites for hydroxylation is 2. The molecule has 1 aliphatic heterocycles. The van der Waals surface area contributed by atoms with Crippen molar-refractivity contribution in [3.8, 4) is 17.1 Å². The molecule has 1 atom stereocenters. The van der Waals surface area contributed by atoms with E-state index in [1.807, 2.05) is 62.6 Å². The van der Waals surface area contributed by atoms with E-state index in [-0.39, 0.29) is 5.91 Å². The van der Waals surface area contributed by atoms with E-state index in [4.69, 9.17) is 4.74 Å². The molecule has 0 N–H and O–H groups in total. The van der Waals surface area contributed by atoms with Crippen LogP contribution in [-0.2, 0) is 4.79 Å². The summed E-state index contributed by atoms with van der Waals surface area (Å²) in [5.41, 5.74) is 5.08. The standard InChI is InChI=1S/C21H20N4O2S/c1-12-9-10-13(2)16(11-12)20-25(14(3)26)17-8-6-5-7-15(17)18-19(27-20)22-21(28-4)24-23-18/h5-11,20H,1-4H3. The van der Waals surface area contributed by atoms with Crippen molar-refractivity contribution in [2.24, 2.45) is 0 Å². The molecule has 6 nitrogen and oxygen atoms in total. The van der Waals surface area contributed by atoms with Gasteiger partial charge in [-0.2, -0.15) is 4.98 Å². The van der Waals surface area contributed by atoms with Crippen molar-refractivity contribution in [2.75, 3.05) is 11.2 Å². The maximum Gasteiger partial charge on any atom is 0.247 e. The van der Waals surface area contributed by atoms with Gasteiger partial charge < -0.3 is 4.74 Å². The van der Waals surface area contributed by atoms with Crippen molar-refractivity contribution in [3.63, 3.8) is 0 Å². The van der Waals surface area contributed by atoms with Gasteiger partial charge in [-0.1, -0.05) is 53.7 Å². The average molecular weight is 392 g/mol. The summed E-state index contributed by atoms with van der Waals surface area (Å²) in [7, 11) is 0. The number of para-hydroxylation sites is 1. The zero-order valence-corrected chi connectivity index (χ0v) is 16.9. The average Bonchev–Trinajstić information content (AvgIpc) is 2.83. The zero-order valence-electron chi connectivity index (χ0n) is 16.1. The van der Waals surface area contributed by atoms with Gasteiger partial charge in [0.15, 0.2) is 5.69 Å². The summed E-state index contributed by atoms with van der Waals surface area (Å²) >= 11 is 1.39. The fourth-order valence-corrected chi connectivity index (χ4v) is 3.66. The zero-order chi connectivity index (χ0) is 19.8. The van der Waals surface area contributed by atoms with Crippen molar-refractivity contribution in [3.05, 3.63) is 59.2 Å². The predicted octanol–water partition coefficient (Wildman–Crippen LogP) is 4.32. The van der Waals surface area contributed by atoms with Crippen LogP contribution < -0.4 is 9.64 Å². The van der Waals surface area contributed by atoms with Crippen LogP contribution in [0, 0.1) is 13.8 Å². The van der Waals surface area contributed by atoms with E-state index in [9.17, 15) is 4.79 Å². The van der Waals surface area contributed by atoms with Crippen molar-refractivity contribution in [1.29, 1.82) is 0 Å². The van der Waals surface area contributed by atoms with Gasteiger partial charge in [-0.25, -0.2) is 0 Å². The first-order valence-electron chi connectivity index (χ1n) is 8.91. The molecule has 0 saturated heterocycles. The Balaban J connectivity index is 2.01. The molecule has 4 rings (SSSR count). The molecular weight excluding hydrogens is 372 g/mol. The molecule has 142 valence electrons. The third-order valence-electron chi connectivity index (χ3n) is 4.73. The number of carbonyl (C=O) groups is 1. The highest BCUT2D eigenvalue weighted by molar-refractivity contribution is 7.98. The maximum absolute atomic E-state index is 12.8. The second-order valence-electron chi connectivity index (χ2n) is 6.69. The number of hydrogen-bond acceptors (Lipinski definition) is 6. The third-order valence-corrected chi connectivity index (χ3v) is 5.27. The van der Waals surface area contributed by atoms with Crippen LogP contribution in [0.2, 0.25) is 0 Å². The summed E-state index contributed by atoms with van der Waals surface area (Å²) in [6.07, 6.45) is 1.24. The molecule has 0 aliphatic carbocycles. The molecule has 3 aromatic rings. The number of hydrogen-bond donors (Lipinski definition) is 0. The van der Waals surface area contributed by atoms with Gasteiger partial charge in [0.25, 0.3) is 0 Å². The van der Waals surface area contributed by atoms with Crippen LogP contribution in [0.25, 0.3) is 11.3 Å². The summed E-state index contributed by atoms with van der Waals surface area (Å²) in [6.45, 7) is 5.58. The molecular formula is C21H20N4O2S. The number of aromatic nitrogens is 3. The summed E-state index contributed by atoms with van der Waals surface area (Å²) < 4.78 is 6.36. The number of carbonyl (C=O) groups excluding carboxylic acids is 1. The molecule has 1 amide bonds. The van der Waals surface area contributed by atoms with Crippen molar-refractivity contribution in [1.82, 2.24) is 15.2 Å². The number of ether oxygens (including phenoxy) is 1. The van der Waals surface area contributed by atoms with Crippen LogP contribution in [0.5, 0.6) is 5.88 Å². The van der Waals surface area contributed by atoms with Crippen molar-refractivity contribution >= 4 is 23.4 Å². The minimum atomic E-state index is -0.647. The number of benzene rings is 2. The van der Waals surface area contributed by atoms with E-state index in [0.29, 0.717) is 16.7 Å². The van der Waals surface area contributed by atoms with Crippen molar-refractivity contribution in [2.45, 2.75) is 32.2 Å². The minimum absolute atomic E-state index is 0.121. The first-order chi connectivity index (χ1) is 13.5. The molecule has 2 heterocycles. The molecule has 7 heteroatoms. The molecule has 2 aromatic carbocycles. The second kappa shape index (κ2) is 7.24. The molecule has 0 radical (unpaired) electrons. The van der Waals surface area contributed by atoms with E-state index in [1.54, 1.807) is 11.8 Å². The van der Waals surface area contributed by atoms with Gasteiger partial charge in [0.2, 0.25) is 23.2 Å². The smallest absolute Gasteiger partial charge is 0.247 e. The molecule has 1 aliphatic rings. The Hall–Kier alpha value is -2.93. The van der Waals surface area contributed by atoms with Gasteiger partial charge >= 0.3 is 0 Å². The van der Waals surface area contributed by atoms with E-state index < -0.39 is 6.23 Å². The van der Waals surface area contributed by atoms with Gasteiger partial charge in [0.1, 0.15) is 0 Å². The number of anilines is 1. The van der Waals surface area contributed by atoms with Crippen LogP contribution in [0.3, 0.4) is 0 Å². The topological polar surface area (TPSA) is 68.2 Å². The molecule has 0 bridgehead atoms. The SMILES string of the molecule is CSc1nnc2c(n1)OC(c1cc(C)ccc1C)N(C(C)=O)c1ccccc1-2. The van der Waals surface area contributed by atoms with Crippen LogP contribution in [-0.4, -0.2) is 27.3 Å². The predicted molar refractivity (Wildman–Crippen MR) is 109 cm³/mol. The molecule has 28 heavy (non-hydrogen) atoms. The molecule has 0 fully saturated rings. The first-order valence-corrected chi connectivity index (χ1v) is 10.1. The highest BCUT2D eigenvalue weighted by Gasteiger charge is 2.35. The largest absolute Gasteiger partial charge is 0.447 e. The first kappa shape index (κ1) is 18.4. The van der Waals surface area contributed by atoms with Crippen LogP contribution >= 0.6 is 11.8 Å². The van der Waals surface area contributed by atoms with Gasteiger partial charge in [-0.3, -0.25) is 9.69 Å². The van der Waals surface area contributed by atoms with Crippen LogP contribution in [0.4, 0.5) is 5.69 Å². The Labute approximate surface area is 168 Å². The monoisotopic (exact) mass is 392 g/mol. The molecule has 1 unspecified atom stereocenters. The number of amides is 1. The quantitative estimate of drug-likeness (QED) is 0.605.